The van der Waals surface area contributed by atoms with Gasteiger partial charge in [0.1, 0.15) is 29.7 Å². The number of aliphatic hydroxyl groups excluding tert-OH is 1. The highest BCUT2D eigenvalue weighted by atomic mass is 32.2. The van der Waals surface area contributed by atoms with Gasteiger partial charge in [0.05, 0.1) is 48.6 Å². The van der Waals surface area contributed by atoms with E-state index in [-0.39, 0.29) is 43.1 Å². The fraction of sp³-hybridized carbons (Fsp3) is 0.677. The highest BCUT2D eigenvalue weighted by Gasteiger charge is 2.51. The number of methoxy groups -OCH3 is 1. The third-order valence-electron chi connectivity index (χ3n) is 9.00. The summed E-state index contributed by atoms with van der Waals surface area (Å²) in [4.78, 5) is 32.2. The van der Waals surface area contributed by atoms with Crippen molar-refractivity contribution in [2.75, 3.05) is 56.6 Å². The lowest BCUT2D eigenvalue weighted by atomic mass is 9.73. The Morgan fingerprint density at radius 3 is 2.78 bits per heavy atom. The molecule has 6 rings (SSSR count). The molecule has 2 aromatic rings. The molecule has 0 unspecified atom stereocenters. The fourth-order valence-electron chi connectivity index (χ4n) is 6.84. The van der Waals surface area contributed by atoms with Crippen molar-refractivity contribution in [3.8, 4) is 5.75 Å². The van der Waals surface area contributed by atoms with Crippen molar-refractivity contribution in [3.05, 3.63) is 24.2 Å². The van der Waals surface area contributed by atoms with Crippen molar-refractivity contribution in [1.82, 2.24) is 20.3 Å². The Morgan fingerprint density at radius 2 is 2.04 bits per heavy atom. The number of hydrogen-bond acceptors (Lipinski definition) is 13. The molecule has 13 nitrogen and oxygen atoms in total. The SMILES string of the molecule is COCO[C@H]1C[C@H]2COc3c(Sc4cnc(N5CCC6(CC5)CO[C@@H](C)[C@H]6NC(=O)OC(C)(C)C)c(CO)n4)ccnc3N2C1. The van der Waals surface area contributed by atoms with Crippen molar-refractivity contribution in [1.29, 1.82) is 0 Å². The summed E-state index contributed by atoms with van der Waals surface area (Å²) in [7, 11) is 1.63. The molecular weight excluding hydrogens is 600 g/mol. The number of aromatic nitrogens is 3. The number of piperidine rings is 1. The maximum absolute atomic E-state index is 12.6. The molecular formula is C31H44N6O7S. The zero-order valence-electron chi connectivity index (χ0n) is 26.7. The summed E-state index contributed by atoms with van der Waals surface area (Å²) in [6.45, 7) is 10.9. The van der Waals surface area contributed by atoms with Gasteiger partial charge in [-0.25, -0.2) is 19.7 Å². The number of pyridine rings is 1. The van der Waals surface area contributed by atoms with Crippen molar-refractivity contribution < 1.29 is 33.6 Å². The van der Waals surface area contributed by atoms with Crippen LogP contribution < -0.4 is 19.9 Å². The Bertz CT molecular complexity index is 1370. The minimum Gasteiger partial charge on any atom is -0.486 e. The molecule has 1 amide bonds. The number of rotatable bonds is 8. The van der Waals surface area contributed by atoms with Gasteiger partial charge in [-0.2, -0.15) is 0 Å². The first-order valence-corrected chi connectivity index (χ1v) is 16.4. The summed E-state index contributed by atoms with van der Waals surface area (Å²) < 4.78 is 28.7. The molecule has 0 aromatic carbocycles. The minimum atomic E-state index is -0.572. The molecule has 4 aliphatic rings. The number of fused-ring (bicyclic) bond motifs is 3. The Morgan fingerprint density at radius 1 is 1.24 bits per heavy atom. The molecule has 0 bridgehead atoms. The van der Waals surface area contributed by atoms with Crippen molar-refractivity contribution in [3.63, 3.8) is 0 Å². The Kier molecular flexibility index (Phi) is 9.31. The number of ether oxygens (including phenoxy) is 5. The van der Waals surface area contributed by atoms with Gasteiger partial charge in [0.2, 0.25) is 0 Å². The number of amides is 1. The standard InChI is InChI=1S/C31H44N6O7S/c1-19-26(35-29(39)44-30(2,3)4)31(17-42-19)7-10-36(11-8-31)27-22(15-38)34-24(13-33-27)45-23-6-9-32-28-25(23)41-16-20-12-21(14-37(20)28)43-18-40-5/h6,9,13,19-21,26,38H,7-8,10-12,14-18H2,1-5H3,(H,35,39)/t19-,20-,21-,26+/m0/s1. The van der Waals surface area contributed by atoms with Gasteiger partial charge in [0.15, 0.2) is 17.4 Å². The highest BCUT2D eigenvalue weighted by Crippen LogP contribution is 2.46. The molecule has 4 aliphatic heterocycles. The molecule has 2 aromatic heterocycles. The maximum atomic E-state index is 12.6. The molecule has 3 fully saturated rings. The van der Waals surface area contributed by atoms with E-state index in [0.29, 0.717) is 42.8 Å². The number of carbonyl (C=O) groups excluding carboxylic acids is 1. The monoisotopic (exact) mass is 644 g/mol. The van der Waals surface area contributed by atoms with Crippen LogP contribution in [0.4, 0.5) is 16.4 Å². The van der Waals surface area contributed by atoms with E-state index in [9.17, 15) is 9.90 Å². The van der Waals surface area contributed by atoms with Gasteiger partial charge in [-0.3, -0.25) is 0 Å². The largest absolute Gasteiger partial charge is 0.486 e. The van der Waals surface area contributed by atoms with E-state index in [1.54, 1.807) is 19.5 Å². The lowest BCUT2D eigenvalue weighted by Crippen LogP contribution is -2.55. The second kappa shape index (κ2) is 13.1. The van der Waals surface area contributed by atoms with Crippen LogP contribution in [-0.2, 0) is 25.6 Å². The van der Waals surface area contributed by atoms with Crippen LogP contribution in [-0.4, -0.2) is 103 Å². The average Bonchev–Trinajstić information content (AvgIpc) is 3.57. The zero-order valence-corrected chi connectivity index (χ0v) is 27.5. The van der Waals surface area contributed by atoms with Gasteiger partial charge in [-0.05, 0) is 53.0 Å². The summed E-state index contributed by atoms with van der Waals surface area (Å²) in [6.07, 6.45) is 5.53. The van der Waals surface area contributed by atoms with E-state index >= 15 is 0 Å². The molecule has 2 N–H and O–H groups in total. The summed E-state index contributed by atoms with van der Waals surface area (Å²) in [5.41, 5.74) is -0.242. The van der Waals surface area contributed by atoms with Crippen molar-refractivity contribution >= 4 is 29.5 Å². The van der Waals surface area contributed by atoms with E-state index < -0.39 is 11.7 Å². The van der Waals surface area contributed by atoms with Crippen LogP contribution in [0.3, 0.4) is 0 Å². The Labute approximate surface area is 268 Å². The molecule has 0 aliphatic carbocycles. The number of carbonyl (C=O) groups is 1. The summed E-state index contributed by atoms with van der Waals surface area (Å²) in [6, 6.07) is 1.98. The number of hydrogen-bond donors (Lipinski definition) is 2. The number of nitrogens with one attached hydrogen (secondary N) is 1. The number of aliphatic hydroxyl groups is 1. The van der Waals surface area contributed by atoms with E-state index in [4.69, 9.17) is 33.7 Å². The molecule has 246 valence electrons. The van der Waals surface area contributed by atoms with Crippen molar-refractivity contribution in [2.45, 2.75) is 93.4 Å². The van der Waals surface area contributed by atoms with E-state index in [1.807, 2.05) is 33.8 Å². The van der Waals surface area contributed by atoms with Crippen LogP contribution >= 0.6 is 11.8 Å². The summed E-state index contributed by atoms with van der Waals surface area (Å²) in [5.74, 6) is 2.21. The Hall–Kier alpha value is -2.91. The molecule has 0 saturated carbocycles. The second-order valence-electron chi connectivity index (χ2n) is 13.2. The fourth-order valence-corrected chi connectivity index (χ4v) is 7.70. The van der Waals surface area contributed by atoms with Crippen LogP contribution in [0.1, 0.15) is 52.7 Å². The smallest absolute Gasteiger partial charge is 0.407 e. The highest BCUT2D eigenvalue weighted by molar-refractivity contribution is 7.99. The van der Waals surface area contributed by atoms with Crippen molar-refractivity contribution in [2.24, 2.45) is 5.41 Å². The third kappa shape index (κ3) is 6.80. The van der Waals surface area contributed by atoms with Gasteiger partial charge in [0, 0.05) is 38.4 Å². The van der Waals surface area contributed by atoms with Crippen LogP contribution in [0.5, 0.6) is 5.75 Å². The average molecular weight is 645 g/mol. The van der Waals surface area contributed by atoms with Crippen LogP contribution in [0.25, 0.3) is 0 Å². The van der Waals surface area contributed by atoms with Gasteiger partial charge >= 0.3 is 6.09 Å². The zero-order chi connectivity index (χ0) is 31.8. The van der Waals surface area contributed by atoms with Crippen LogP contribution in [0.2, 0.25) is 0 Å². The van der Waals surface area contributed by atoms with Gasteiger partial charge in [-0.1, -0.05) is 11.8 Å². The first-order chi connectivity index (χ1) is 21.6. The van der Waals surface area contributed by atoms with Crippen LogP contribution in [0, 0.1) is 5.41 Å². The molecule has 1 spiro atoms. The topological polar surface area (TPSA) is 141 Å². The molecule has 4 atom stereocenters. The summed E-state index contributed by atoms with van der Waals surface area (Å²) in [5, 5.41) is 14.1. The lowest BCUT2D eigenvalue weighted by Gasteiger charge is -2.43. The first-order valence-electron chi connectivity index (χ1n) is 15.6. The normalized spacial score (nSPS) is 25.6. The van der Waals surface area contributed by atoms with Gasteiger partial charge < -0.3 is 43.9 Å². The van der Waals surface area contributed by atoms with E-state index in [2.05, 4.69) is 20.1 Å². The molecule has 6 heterocycles. The maximum Gasteiger partial charge on any atom is 0.407 e. The lowest BCUT2D eigenvalue weighted by molar-refractivity contribution is -0.0647. The van der Waals surface area contributed by atoms with E-state index in [1.165, 1.54) is 11.8 Å². The van der Waals surface area contributed by atoms with Crippen LogP contribution in [0.15, 0.2) is 28.4 Å². The van der Waals surface area contributed by atoms with Gasteiger partial charge in [-0.15, -0.1) is 0 Å². The second-order valence-corrected chi connectivity index (χ2v) is 14.3. The quantitative estimate of drug-likeness (QED) is 0.406. The van der Waals surface area contributed by atoms with Gasteiger partial charge in [0.25, 0.3) is 0 Å². The first kappa shape index (κ1) is 32.0. The molecule has 14 heteroatoms. The summed E-state index contributed by atoms with van der Waals surface area (Å²) >= 11 is 1.45. The minimum absolute atomic E-state index is 0.0644. The molecule has 0 radical (unpaired) electrons. The Balaban J connectivity index is 1.12. The van der Waals surface area contributed by atoms with E-state index in [0.717, 1.165) is 42.3 Å². The predicted octanol–water partition coefficient (Wildman–Crippen LogP) is 3.37. The third-order valence-corrected chi connectivity index (χ3v) is 9.95. The number of nitrogens with zero attached hydrogens (tertiary/aromatic N) is 5. The molecule has 3 saturated heterocycles. The number of alkyl carbamates (subject to hydrolysis) is 1. The predicted molar refractivity (Wildman–Crippen MR) is 167 cm³/mol. The number of anilines is 2. The molecule has 45 heavy (non-hydrogen) atoms.